The maximum absolute atomic E-state index is 9.64. The lowest BCUT2D eigenvalue weighted by Gasteiger charge is -2.42. The molecule has 0 radical (unpaired) electrons. The highest BCUT2D eigenvalue weighted by atomic mass is 16.5. The summed E-state index contributed by atoms with van der Waals surface area (Å²) in [6.07, 6.45) is 2.57. The first-order valence-corrected chi connectivity index (χ1v) is 9.97. The van der Waals surface area contributed by atoms with E-state index in [9.17, 15) is 5.11 Å². The van der Waals surface area contributed by atoms with Gasteiger partial charge in [-0.25, -0.2) is 4.98 Å². The number of piperazine rings is 1. The number of ether oxygens (including phenoxy) is 1. The number of hydrogen-bond acceptors (Lipinski definition) is 6. The van der Waals surface area contributed by atoms with Crippen molar-refractivity contribution < 1.29 is 9.84 Å². The van der Waals surface area contributed by atoms with Crippen LogP contribution in [0.25, 0.3) is 0 Å². The molecule has 1 aromatic carbocycles. The number of anilines is 1. The van der Waals surface area contributed by atoms with E-state index in [0.29, 0.717) is 0 Å². The summed E-state index contributed by atoms with van der Waals surface area (Å²) >= 11 is 0. The Morgan fingerprint density at radius 2 is 1.93 bits per heavy atom. The molecule has 0 aliphatic carbocycles. The van der Waals surface area contributed by atoms with Crippen LogP contribution >= 0.6 is 0 Å². The van der Waals surface area contributed by atoms with Crippen LogP contribution in [-0.4, -0.2) is 59.4 Å². The van der Waals surface area contributed by atoms with E-state index in [4.69, 9.17) is 9.72 Å². The molecule has 0 saturated carbocycles. The molecule has 0 bridgehead atoms. The van der Waals surface area contributed by atoms with Gasteiger partial charge in [-0.3, -0.25) is 9.88 Å². The van der Waals surface area contributed by atoms with Crippen molar-refractivity contribution in [3.63, 3.8) is 0 Å². The smallest absolute Gasteiger partial charge is 0.150 e. The number of aliphatic hydroxyl groups excluding tert-OH is 1. The number of hydrogen-bond donors (Lipinski definition) is 1. The third-order valence-corrected chi connectivity index (χ3v) is 5.86. The van der Waals surface area contributed by atoms with Crippen LogP contribution in [-0.2, 0) is 6.54 Å². The Bertz CT molecular complexity index is 824. The molecule has 1 saturated heterocycles. The van der Waals surface area contributed by atoms with E-state index in [0.717, 1.165) is 55.6 Å². The van der Waals surface area contributed by atoms with Crippen molar-refractivity contribution in [2.75, 3.05) is 38.3 Å². The zero-order valence-corrected chi connectivity index (χ0v) is 17.7. The molecule has 1 aliphatic heterocycles. The number of nitrogens with zero attached hydrogens (tertiary/aromatic N) is 4. The summed E-state index contributed by atoms with van der Waals surface area (Å²) in [6, 6.07) is 4.50. The molecule has 0 amide bonds. The second-order valence-electron chi connectivity index (χ2n) is 7.68. The van der Waals surface area contributed by atoms with Crippen LogP contribution < -0.4 is 9.64 Å². The van der Waals surface area contributed by atoms with E-state index in [1.807, 2.05) is 20.0 Å². The maximum atomic E-state index is 9.64. The molecule has 28 heavy (non-hydrogen) atoms. The van der Waals surface area contributed by atoms with Crippen LogP contribution in [0.4, 0.5) is 5.82 Å². The molecule has 1 N–H and O–H groups in total. The lowest BCUT2D eigenvalue weighted by Crippen LogP contribution is -2.53. The molecule has 1 unspecified atom stereocenters. The summed E-state index contributed by atoms with van der Waals surface area (Å²) in [6.45, 7) is 12.0. The summed E-state index contributed by atoms with van der Waals surface area (Å²) in [7, 11) is 1.72. The SMILES string of the molecule is COc1ccc(CN2CCN(c3nc(C)cnc3C)CC2CCO)c(C)c1C. The van der Waals surface area contributed by atoms with Crippen LogP contribution in [0.3, 0.4) is 0 Å². The molecule has 6 nitrogen and oxygen atoms in total. The first-order valence-electron chi connectivity index (χ1n) is 9.97. The van der Waals surface area contributed by atoms with Gasteiger partial charge in [-0.15, -0.1) is 0 Å². The average molecular weight is 385 g/mol. The highest BCUT2D eigenvalue weighted by Crippen LogP contribution is 2.27. The molecule has 2 aromatic rings. The topological polar surface area (TPSA) is 61.7 Å². The number of benzene rings is 1. The molecule has 152 valence electrons. The minimum absolute atomic E-state index is 0.189. The van der Waals surface area contributed by atoms with Crippen LogP contribution in [0.15, 0.2) is 18.3 Å². The second-order valence-corrected chi connectivity index (χ2v) is 7.68. The van der Waals surface area contributed by atoms with E-state index in [1.54, 1.807) is 7.11 Å². The largest absolute Gasteiger partial charge is 0.496 e. The van der Waals surface area contributed by atoms with Crippen LogP contribution in [0.1, 0.15) is 34.5 Å². The minimum Gasteiger partial charge on any atom is -0.496 e. The molecule has 1 aliphatic rings. The fourth-order valence-electron chi connectivity index (χ4n) is 4.00. The minimum atomic E-state index is 0.189. The van der Waals surface area contributed by atoms with E-state index in [2.05, 4.69) is 40.8 Å². The van der Waals surface area contributed by atoms with Gasteiger partial charge in [0.15, 0.2) is 0 Å². The summed E-state index contributed by atoms with van der Waals surface area (Å²) in [5.41, 5.74) is 5.70. The summed E-state index contributed by atoms with van der Waals surface area (Å²) in [4.78, 5) is 14.0. The van der Waals surface area contributed by atoms with E-state index >= 15 is 0 Å². The lowest BCUT2D eigenvalue weighted by molar-refractivity contribution is 0.135. The van der Waals surface area contributed by atoms with Gasteiger partial charge < -0.3 is 14.7 Å². The van der Waals surface area contributed by atoms with Crippen molar-refractivity contribution in [3.05, 3.63) is 46.4 Å². The summed E-state index contributed by atoms with van der Waals surface area (Å²) in [5, 5.41) is 9.64. The van der Waals surface area contributed by atoms with E-state index in [-0.39, 0.29) is 12.6 Å². The normalized spacial score (nSPS) is 17.8. The molecular formula is C22H32N4O2. The molecule has 1 fully saturated rings. The van der Waals surface area contributed by atoms with Crippen molar-refractivity contribution in [3.8, 4) is 5.75 Å². The van der Waals surface area contributed by atoms with Gasteiger partial charge in [0, 0.05) is 45.0 Å². The fourth-order valence-corrected chi connectivity index (χ4v) is 4.00. The molecule has 2 heterocycles. The van der Waals surface area contributed by atoms with Crippen LogP contribution in [0.2, 0.25) is 0 Å². The zero-order valence-electron chi connectivity index (χ0n) is 17.7. The Morgan fingerprint density at radius 1 is 1.14 bits per heavy atom. The molecule has 1 aromatic heterocycles. The number of aliphatic hydroxyl groups is 1. The van der Waals surface area contributed by atoms with Gasteiger partial charge in [-0.05, 0) is 56.9 Å². The Morgan fingerprint density at radius 3 is 2.64 bits per heavy atom. The highest BCUT2D eigenvalue weighted by molar-refractivity contribution is 5.45. The van der Waals surface area contributed by atoms with Gasteiger partial charge in [0.25, 0.3) is 0 Å². The van der Waals surface area contributed by atoms with E-state index < -0.39 is 0 Å². The Kier molecular flexibility index (Phi) is 6.52. The molecule has 1 atom stereocenters. The van der Waals surface area contributed by atoms with Crippen LogP contribution in [0, 0.1) is 27.7 Å². The maximum Gasteiger partial charge on any atom is 0.150 e. The van der Waals surface area contributed by atoms with Gasteiger partial charge >= 0.3 is 0 Å². The second kappa shape index (κ2) is 8.88. The predicted octanol–water partition coefficient (Wildman–Crippen LogP) is 2.79. The van der Waals surface area contributed by atoms with Crippen molar-refractivity contribution in [1.29, 1.82) is 0 Å². The van der Waals surface area contributed by atoms with E-state index in [1.165, 1.54) is 16.7 Å². The Labute approximate surface area is 168 Å². The van der Waals surface area contributed by atoms with Gasteiger partial charge in [-0.2, -0.15) is 0 Å². The first kappa shape index (κ1) is 20.6. The van der Waals surface area contributed by atoms with Crippen molar-refractivity contribution in [2.45, 2.75) is 46.7 Å². The number of methoxy groups -OCH3 is 1. The molecular weight excluding hydrogens is 352 g/mol. The van der Waals surface area contributed by atoms with Crippen molar-refractivity contribution in [2.24, 2.45) is 0 Å². The quantitative estimate of drug-likeness (QED) is 0.826. The Balaban J connectivity index is 1.78. The molecule has 0 spiro atoms. The number of aryl methyl sites for hydroxylation is 2. The predicted molar refractivity (Wildman–Crippen MR) is 112 cm³/mol. The van der Waals surface area contributed by atoms with Crippen molar-refractivity contribution in [1.82, 2.24) is 14.9 Å². The number of aromatic nitrogens is 2. The summed E-state index contributed by atoms with van der Waals surface area (Å²) in [5.74, 6) is 1.91. The third-order valence-electron chi connectivity index (χ3n) is 5.86. The van der Waals surface area contributed by atoms with Crippen molar-refractivity contribution >= 4 is 5.82 Å². The molecule has 3 rings (SSSR count). The lowest BCUT2D eigenvalue weighted by atomic mass is 10.00. The van der Waals surface area contributed by atoms with Gasteiger partial charge in [0.1, 0.15) is 11.6 Å². The Hall–Kier alpha value is -2.18. The highest BCUT2D eigenvalue weighted by Gasteiger charge is 2.29. The standard InChI is InChI=1S/C22H32N4O2/c1-15-12-23-18(4)22(24-15)26-10-9-25(20(14-26)8-11-27)13-19-6-7-21(28-5)17(3)16(19)2/h6-7,12,20,27H,8-11,13-14H2,1-5H3. The average Bonchev–Trinajstić information content (AvgIpc) is 2.69. The van der Waals surface area contributed by atoms with Gasteiger partial charge in [-0.1, -0.05) is 6.07 Å². The van der Waals surface area contributed by atoms with Gasteiger partial charge in [0.2, 0.25) is 0 Å². The van der Waals surface area contributed by atoms with Crippen LogP contribution in [0.5, 0.6) is 5.75 Å². The monoisotopic (exact) mass is 384 g/mol. The first-order chi connectivity index (χ1) is 13.4. The van der Waals surface area contributed by atoms with Gasteiger partial charge in [0.05, 0.1) is 18.5 Å². The third kappa shape index (κ3) is 4.28. The fraction of sp³-hybridized carbons (Fsp3) is 0.545. The number of rotatable bonds is 6. The molecule has 6 heteroatoms. The summed E-state index contributed by atoms with van der Waals surface area (Å²) < 4.78 is 5.45. The zero-order chi connectivity index (χ0) is 20.3.